The van der Waals surface area contributed by atoms with Gasteiger partial charge in [0.15, 0.2) is 0 Å². The summed E-state index contributed by atoms with van der Waals surface area (Å²) in [5, 5.41) is 2.95. The molecule has 5 rings (SSSR count). The Labute approximate surface area is 165 Å². The van der Waals surface area contributed by atoms with E-state index < -0.39 is 10.9 Å². The van der Waals surface area contributed by atoms with Crippen molar-refractivity contribution in [2.24, 2.45) is 0 Å². The number of hydrogen-bond donors (Lipinski definition) is 2. The van der Waals surface area contributed by atoms with Crippen molar-refractivity contribution in [2.45, 2.75) is 19.5 Å². The van der Waals surface area contributed by atoms with Crippen molar-refractivity contribution >= 4 is 22.6 Å². The topological polar surface area (TPSA) is 95.2 Å². The number of amides is 1. The molecule has 29 heavy (non-hydrogen) atoms. The van der Waals surface area contributed by atoms with Crippen LogP contribution in [0.25, 0.3) is 11.0 Å². The summed E-state index contributed by atoms with van der Waals surface area (Å²) in [5.41, 5.74) is 5.26. The average Bonchev–Trinajstić information content (AvgIpc) is 3.22. The third-order valence-corrected chi connectivity index (χ3v) is 5.48. The molecule has 0 bridgehead atoms. The van der Waals surface area contributed by atoms with Gasteiger partial charge >= 0.3 is 0 Å². The lowest BCUT2D eigenvalue weighted by Gasteiger charge is -2.31. The predicted octanol–water partition coefficient (Wildman–Crippen LogP) is 1.65. The molecule has 0 radical (unpaired) electrons. The molecular formula is C22H18N4O3. The zero-order chi connectivity index (χ0) is 20.0. The number of carbonyl (C=O) groups excluding carboxylic acids is 1. The summed E-state index contributed by atoms with van der Waals surface area (Å²) in [4.78, 5) is 44.5. The molecule has 1 amide bonds. The summed E-state index contributed by atoms with van der Waals surface area (Å²) in [6.07, 6.45) is 2.43. The van der Waals surface area contributed by atoms with Crippen molar-refractivity contribution in [3.8, 4) is 0 Å². The van der Waals surface area contributed by atoms with E-state index in [0.29, 0.717) is 24.3 Å². The zero-order valence-corrected chi connectivity index (χ0v) is 15.6. The largest absolute Gasteiger partial charge is 0.363 e. The number of carbonyl (C=O) groups is 1. The molecule has 2 N–H and O–H groups in total. The van der Waals surface area contributed by atoms with Gasteiger partial charge in [0.25, 0.3) is 5.91 Å². The fourth-order valence-corrected chi connectivity index (χ4v) is 3.83. The summed E-state index contributed by atoms with van der Waals surface area (Å²) < 4.78 is 0. The number of nitrogens with one attached hydrogen (secondary N) is 2. The fraction of sp³-hybridized carbons (Fsp3) is 0.182. The number of hydrogen-bond acceptors (Lipinski definition) is 5. The first kappa shape index (κ1) is 17.4. The van der Waals surface area contributed by atoms with Gasteiger partial charge in [-0.05, 0) is 41.3 Å². The first-order chi connectivity index (χ1) is 14.1. The van der Waals surface area contributed by atoms with Crippen LogP contribution < -0.4 is 21.1 Å². The number of rotatable bonds is 4. The van der Waals surface area contributed by atoms with Gasteiger partial charge in [-0.2, -0.15) is 0 Å². The molecule has 0 fully saturated rings. The molecule has 7 heteroatoms. The van der Waals surface area contributed by atoms with E-state index >= 15 is 0 Å². The van der Waals surface area contributed by atoms with Gasteiger partial charge in [0.05, 0.1) is 23.0 Å². The second-order valence-corrected chi connectivity index (χ2v) is 7.31. The molecule has 144 valence electrons. The van der Waals surface area contributed by atoms with Crippen molar-refractivity contribution in [3.63, 3.8) is 0 Å². The molecule has 3 aromatic carbocycles. The maximum Gasteiger partial charge on any atom is 0.251 e. The molecule has 4 aromatic rings. The molecule has 0 saturated carbocycles. The summed E-state index contributed by atoms with van der Waals surface area (Å²) in [6.45, 7) is 1.73. The number of imidazole rings is 1. The number of aromatic amines is 1. The van der Waals surface area contributed by atoms with E-state index in [1.165, 1.54) is 11.6 Å². The van der Waals surface area contributed by atoms with Crippen molar-refractivity contribution < 1.29 is 4.79 Å². The van der Waals surface area contributed by atoms with Gasteiger partial charge in [0.1, 0.15) is 0 Å². The van der Waals surface area contributed by atoms with Crippen LogP contribution in [0.2, 0.25) is 0 Å². The van der Waals surface area contributed by atoms with E-state index in [9.17, 15) is 14.4 Å². The number of H-pyrrole nitrogens is 1. The number of aromatic nitrogens is 2. The summed E-state index contributed by atoms with van der Waals surface area (Å²) in [5.74, 6) is -0.149. The van der Waals surface area contributed by atoms with Crippen LogP contribution >= 0.6 is 0 Å². The van der Waals surface area contributed by atoms with Crippen molar-refractivity contribution in [1.82, 2.24) is 15.3 Å². The monoisotopic (exact) mass is 386 g/mol. The highest BCUT2D eigenvalue weighted by Crippen LogP contribution is 2.23. The molecule has 0 spiro atoms. The molecule has 0 atom stereocenters. The smallest absolute Gasteiger partial charge is 0.251 e. The molecule has 1 aliphatic heterocycles. The summed E-state index contributed by atoms with van der Waals surface area (Å²) in [7, 11) is 0. The second-order valence-electron chi connectivity index (χ2n) is 7.31. The number of benzene rings is 2. The summed E-state index contributed by atoms with van der Waals surface area (Å²) >= 11 is 0. The Morgan fingerprint density at radius 1 is 1.10 bits per heavy atom. The van der Waals surface area contributed by atoms with E-state index in [-0.39, 0.29) is 5.91 Å². The van der Waals surface area contributed by atoms with Crippen LogP contribution in [0.15, 0.2) is 58.4 Å². The van der Waals surface area contributed by atoms with E-state index in [0.717, 1.165) is 35.1 Å². The molecule has 0 unspecified atom stereocenters. The molecule has 0 saturated heterocycles. The van der Waals surface area contributed by atoms with Gasteiger partial charge in [0.2, 0.25) is 10.9 Å². The highest BCUT2D eigenvalue weighted by Gasteiger charge is 2.22. The Kier molecular flexibility index (Phi) is 4.01. The first-order valence-electron chi connectivity index (χ1n) is 9.46. The minimum Gasteiger partial charge on any atom is -0.363 e. The Hall–Kier alpha value is -3.74. The summed E-state index contributed by atoms with van der Waals surface area (Å²) in [6, 6.07) is 12.9. The predicted molar refractivity (Wildman–Crippen MR) is 110 cm³/mol. The van der Waals surface area contributed by atoms with Gasteiger partial charge in [-0.25, -0.2) is 4.98 Å². The average molecular weight is 386 g/mol. The Morgan fingerprint density at radius 2 is 2.00 bits per heavy atom. The number of fused-ring (bicyclic) bond motifs is 2. The van der Waals surface area contributed by atoms with Crippen molar-refractivity contribution in [1.29, 1.82) is 0 Å². The van der Waals surface area contributed by atoms with Crippen molar-refractivity contribution in [2.75, 3.05) is 11.4 Å². The lowest BCUT2D eigenvalue weighted by atomic mass is 9.96. The maximum atomic E-state index is 12.5. The van der Waals surface area contributed by atoms with Gasteiger partial charge in [-0.15, -0.1) is 0 Å². The van der Waals surface area contributed by atoms with Gasteiger partial charge in [-0.1, -0.05) is 18.2 Å². The Bertz CT molecular complexity index is 1310. The minimum atomic E-state index is -0.421. The molecule has 1 aliphatic rings. The quantitative estimate of drug-likeness (QED) is 0.520. The third-order valence-electron chi connectivity index (χ3n) is 5.48. The van der Waals surface area contributed by atoms with Crippen LogP contribution in [0.3, 0.4) is 0 Å². The molecular weight excluding hydrogens is 368 g/mol. The van der Waals surface area contributed by atoms with Crippen LogP contribution in [-0.4, -0.2) is 22.4 Å². The number of nitrogens with zero attached hydrogens (tertiary/aromatic N) is 2. The molecule has 0 aliphatic carbocycles. The lowest BCUT2D eigenvalue weighted by molar-refractivity contribution is 0.0951. The zero-order valence-electron chi connectivity index (χ0n) is 15.6. The van der Waals surface area contributed by atoms with Gasteiger partial charge in [-0.3, -0.25) is 14.4 Å². The molecule has 2 heterocycles. The molecule has 7 nitrogen and oxygen atoms in total. The van der Waals surface area contributed by atoms with Crippen LogP contribution in [0.1, 0.15) is 27.0 Å². The lowest BCUT2D eigenvalue weighted by Crippen LogP contribution is -2.41. The van der Waals surface area contributed by atoms with E-state index in [1.807, 2.05) is 17.0 Å². The normalized spacial score (nSPS) is 13.6. The minimum absolute atomic E-state index is 0.149. The number of anilines is 1. The van der Waals surface area contributed by atoms with Crippen LogP contribution in [-0.2, 0) is 19.5 Å². The van der Waals surface area contributed by atoms with Crippen molar-refractivity contribution in [3.05, 3.63) is 91.5 Å². The van der Waals surface area contributed by atoms with Crippen LogP contribution in [0.5, 0.6) is 0 Å². The highest BCUT2D eigenvalue weighted by atomic mass is 16.2. The van der Waals surface area contributed by atoms with E-state index in [4.69, 9.17) is 0 Å². The fourth-order valence-electron chi connectivity index (χ4n) is 3.83. The molecule has 1 aromatic heterocycles. The van der Waals surface area contributed by atoms with E-state index in [2.05, 4.69) is 27.4 Å². The third kappa shape index (κ3) is 3.10. The Morgan fingerprint density at radius 3 is 2.83 bits per heavy atom. The SMILES string of the molecule is O=C(NCc1ccc2c(c1)CN(c1cc(=O)c1=O)CC2)c1ccc2nc[nH]c2c1. The van der Waals surface area contributed by atoms with Gasteiger partial charge < -0.3 is 15.2 Å². The standard InChI is InChI=1S/C22H18N4O3/c27-20-9-19(21(20)28)26-6-5-14-2-1-13(7-16(14)11-26)10-23-22(29)15-3-4-17-18(8-15)25-12-24-17/h1-4,7-9,12H,5-6,10-11H2,(H,23,29)(H,24,25). The maximum absolute atomic E-state index is 12.5. The van der Waals surface area contributed by atoms with Crippen LogP contribution in [0, 0.1) is 0 Å². The van der Waals surface area contributed by atoms with Crippen LogP contribution in [0.4, 0.5) is 5.69 Å². The second kappa shape index (κ2) is 6.70. The highest BCUT2D eigenvalue weighted by molar-refractivity contribution is 5.97. The van der Waals surface area contributed by atoms with Gasteiger partial charge in [0, 0.05) is 31.3 Å². The Balaban J connectivity index is 1.29. The van der Waals surface area contributed by atoms with E-state index in [1.54, 1.807) is 18.5 Å². The first-order valence-corrected chi connectivity index (χ1v) is 9.46.